The summed E-state index contributed by atoms with van der Waals surface area (Å²) in [5.74, 6) is 0.699. The van der Waals surface area contributed by atoms with E-state index in [9.17, 15) is 8.42 Å². The fourth-order valence-corrected chi connectivity index (χ4v) is 5.29. The lowest BCUT2D eigenvalue weighted by atomic mass is 10.2. The van der Waals surface area contributed by atoms with Crippen molar-refractivity contribution < 1.29 is 12.9 Å². The Kier molecular flexibility index (Phi) is 7.01. The second-order valence-corrected chi connectivity index (χ2v) is 8.88. The smallest absolute Gasteiger partial charge is 0.250 e. The first-order valence-electron chi connectivity index (χ1n) is 7.93. The number of nitrogens with zero attached hydrogens (tertiary/aromatic N) is 2. The molecule has 140 valence electrons. The second kappa shape index (κ2) is 8.61. The van der Waals surface area contributed by atoms with Crippen LogP contribution in [0.3, 0.4) is 0 Å². The Morgan fingerprint density at radius 2 is 2.04 bits per heavy atom. The summed E-state index contributed by atoms with van der Waals surface area (Å²) in [6.07, 6.45) is 0. The van der Waals surface area contributed by atoms with Gasteiger partial charge in [0.2, 0.25) is 10.0 Å². The van der Waals surface area contributed by atoms with Gasteiger partial charge >= 0.3 is 0 Å². The zero-order chi connectivity index (χ0) is 17.2. The highest BCUT2D eigenvalue weighted by atomic mass is 35.5. The summed E-state index contributed by atoms with van der Waals surface area (Å²) in [4.78, 5) is 3.11. The molecule has 0 saturated carbocycles. The van der Waals surface area contributed by atoms with Crippen LogP contribution in [0.2, 0.25) is 0 Å². The topological polar surface area (TPSA) is 87.5 Å². The van der Waals surface area contributed by atoms with Gasteiger partial charge in [0.1, 0.15) is 9.97 Å². The molecule has 0 unspecified atom stereocenters. The Balaban J connectivity index is 0.00000225. The lowest BCUT2D eigenvalue weighted by molar-refractivity contribution is 0.245. The Bertz CT molecular complexity index is 778. The number of sulfonamides is 1. The van der Waals surface area contributed by atoms with Crippen LogP contribution in [0.25, 0.3) is 10.4 Å². The summed E-state index contributed by atoms with van der Waals surface area (Å²) in [6.45, 7) is 8.65. The molecule has 0 radical (unpaired) electrons. The minimum atomic E-state index is -3.48. The molecule has 1 fully saturated rings. The minimum Gasteiger partial charge on any atom is -0.361 e. The van der Waals surface area contributed by atoms with Crippen LogP contribution >= 0.6 is 23.7 Å². The molecule has 1 aliphatic rings. The molecule has 0 atom stereocenters. The van der Waals surface area contributed by atoms with Gasteiger partial charge in [0.05, 0.1) is 11.3 Å². The number of nitrogens with one attached hydrogen (secondary N) is 2. The predicted octanol–water partition coefficient (Wildman–Crippen LogP) is 1.63. The lowest BCUT2D eigenvalue weighted by Crippen LogP contribution is -2.46. The van der Waals surface area contributed by atoms with Gasteiger partial charge in [-0.1, -0.05) is 5.16 Å². The molecule has 0 aliphatic carbocycles. The van der Waals surface area contributed by atoms with Crippen molar-refractivity contribution in [2.75, 3.05) is 39.3 Å². The first kappa shape index (κ1) is 20.3. The SMILES string of the molecule is Cc1noc(C)c1-c1ccc(S(=O)(=O)NCCN2CCNCC2)s1.Cl. The quantitative estimate of drug-likeness (QED) is 0.758. The van der Waals surface area contributed by atoms with Crippen LogP contribution in [-0.2, 0) is 10.0 Å². The number of thiophene rings is 1. The zero-order valence-corrected chi connectivity index (χ0v) is 16.7. The van der Waals surface area contributed by atoms with Crippen molar-refractivity contribution in [3.8, 4) is 10.4 Å². The number of rotatable bonds is 6. The Labute approximate surface area is 158 Å². The fraction of sp³-hybridized carbons (Fsp3) is 0.533. The summed E-state index contributed by atoms with van der Waals surface area (Å²) in [7, 11) is -3.48. The van der Waals surface area contributed by atoms with Crippen molar-refractivity contribution in [2.45, 2.75) is 18.1 Å². The van der Waals surface area contributed by atoms with Crippen LogP contribution in [0.5, 0.6) is 0 Å². The maximum absolute atomic E-state index is 12.5. The maximum atomic E-state index is 12.5. The van der Waals surface area contributed by atoms with Gasteiger partial charge in [-0.3, -0.25) is 4.90 Å². The van der Waals surface area contributed by atoms with Crippen molar-refractivity contribution in [1.82, 2.24) is 20.1 Å². The van der Waals surface area contributed by atoms with E-state index in [4.69, 9.17) is 4.52 Å². The van der Waals surface area contributed by atoms with Crippen molar-refractivity contribution >= 4 is 33.8 Å². The summed E-state index contributed by atoms with van der Waals surface area (Å²) in [6, 6.07) is 3.45. The molecule has 10 heteroatoms. The molecule has 0 amide bonds. The number of hydrogen-bond acceptors (Lipinski definition) is 7. The van der Waals surface area contributed by atoms with Gasteiger partial charge in [-0.25, -0.2) is 13.1 Å². The van der Waals surface area contributed by atoms with Gasteiger partial charge in [-0.2, -0.15) is 0 Å². The molecule has 1 saturated heterocycles. The maximum Gasteiger partial charge on any atom is 0.250 e. The fourth-order valence-electron chi connectivity index (χ4n) is 2.78. The van der Waals surface area contributed by atoms with Crippen molar-refractivity contribution in [2.24, 2.45) is 0 Å². The van der Waals surface area contributed by atoms with E-state index in [1.165, 1.54) is 11.3 Å². The molecule has 3 heterocycles. The molecular formula is C15H23ClN4O3S2. The highest BCUT2D eigenvalue weighted by Gasteiger charge is 2.20. The third kappa shape index (κ3) is 4.81. The van der Waals surface area contributed by atoms with Gasteiger partial charge in [-0.05, 0) is 26.0 Å². The Morgan fingerprint density at radius 3 is 2.68 bits per heavy atom. The van der Waals surface area contributed by atoms with Crippen LogP contribution < -0.4 is 10.0 Å². The van der Waals surface area contributed by atoms with E-state index in [2.05, 4.69) is 20.1 Å². The van der Waals surface area contributed by atoms with E-state index < -0.39 is 10.0 Å². The highest BCUT2D eigenvalue weighted by Crippen LogP contribution is 2.34. The summed E-state index contributed by atoms with van der Waals surface area (Å²) >= 11 is 1.24. The summed E-state index contributed by atoms with van der Waals surface area (Å²) < 4.78 is 33.1. The van der Waals surface area contributed by atoms with Gasteiger partial charge in [0.25, 0.3) is 0 Å². The molecule has 2 aromatic rings. The Hall–Kier alpha value is -0.970. The van der Waals surface area contributed by atoms with Gasteiger partial charge in [0, 0.05) is 44.1 Å². The van der Waals surface area contributed by atoms with E-state index in [1.807, 2.05) is 19.9 Å². The number of halogens is 1. The van der Waals surface area contributed by atoms with E-state index >= 15 is 0 Å². The van der Waals surface area contributed by atoms with Crippen LogP contribution in [0, 0.1) is 13.8 Å². The van der Waals surface area contributed by atoms with Crippen LogP contribution in [-0.4, -0.2) is 57.7 Å². The Morgan fingerprint density at radius 1 is 1.32 bits per heavy atom. The molecule has 2 N–H and O–H groups in total. The van der Waals surface area contributed by atoms with Crippen molar-refractivity contribution in [3.63, 3.8) is 0 Å². The minimum absolute atomic E-state index is 0. The molecule has 1 aliphatic heterocycles. The molecule has 7 nitrogen and oxygen atoms in total. The molecule has 25 heavy (non-hydrogen) atoms. The lowest BCUT2D eigenvalue weighted by Gasteiger charge is -2.26. The van der Waals surface area contributed by atoms with Crippen molar-refractivity contribution in [1.29, 1.82) is 0 Å². The molecule has 2 aromatic heterocycles. The monoisotopic (exact) mass is 406 g/mol. The third-order valence-electron chi connectivity index (χ3n) is 4.06. The molecule has 0 bridgehead atoms. The number of aryl methyl sites for hydroxylation is 2. The highest BCUT2D eigenvalue weighted by molar-refractivity contribution is 7.91. The second-order valence-electron chi connectivity index (χ2n) is 5.81. The van der Waals surface area contributed by atoms with E-state index in [0.29, 0.717) is 16.5 Å². The first-order chi connectivity index (χ1) is 11.5. The predicted molar refractivity (Wildman–Crippen MR) is 101 cm³/mol. The molecule has 3 rings (SSSR count). The normalized spacial score (nSPS) is 15.9. The van der Waals surface area contributed by atoms with E-state index in [-0.39, 0.29) is 12.4 Å². The van der Waals surface area contributed by atoms with Crippen molar-refractivity contribution in [3.05, 3.63) is 23.6 Å². The first-order valence-corrected chi connectivity index (χ1v) is 10.2. The van der Waals surface area contributed by atoms with Gasteiger partial charge in [0.15, 0.2) is 0 Å². The largest absolute Gasteiger partial charge is 0.361 e. The number of hydrogen-bond donors (Lipinski definition) is 2. The number of aromatic nitrogens is 1. The van der Waals surface area contributed by atoms with Crippen LogP contribution in [0.4, 0.5) is 0 Å². The standard InChI is InChI=1S/C15H22N4O3S2.ClH/c1-11-15(12(2)22-18-11)13-3-4-14(23-13)24(20,21)17-7-10-19-8-5-16-6-9-19;/h3-4,16-17H,5-10H2,1-2H3;1H. The average Bonchev–Trinajstić information content (AvgIpc) is 3.15. The van der Waals surface area contributed by atoms with E-state index in [1.54, 1.807) is 6.07 Å². The zero-order valence-electron chi connectivity index (χ0n) is 14.2. The third-order valence-corrected chi connectivity index (χ3v) is 7.11. The van der Waals surface area contributed by atoms with Gasteiger partial charge < -0.3 is 9.84 Å². The average molecular weight is 407 g/mol. The summed E-state index contributed by atoms with van der Waals surface area (Å²) in [5.41, 5.74) is 1.65. The van der Waals surface area contributed by atoms with Crippen LogP contribution in [0.1, 0.15) is 11.5 Å². The van der Waals surface area contributed by atoms with Crippen LogP contribution in [0.15, 0.2) is 20.9 Å². The molecule has 0 spiro atoms. The van der Waals surface area contributed by atoms with Gasteiger partial charge in [-0.15, -0.1) is 23.7 Å². The van der Waals surface area contributed by atoms with E-state index in [0.717, 1.165) is 48.9 Å². The molecule has 0 aromatic carbocycles. The number of piperazine rings is 1. The molecular weight excluding hydrogens is 384 g/mol. The summed E-state index contributed by atoms with van der Waals surface area (Å²) in [5, 5.41) is 7.20.